The highest BCUT2D eigenvalue weighted by Crippen LogP contribution is 2.39. The molecule has 0 aliphatic carbocycles. The molecule has 0 spiro atoms. The molecule has 2 bridgehead atoms. The molecule has 2 aliphatic heterocycles. The summed E-state index contributed by atoms with van der Waals surface area (Å²) < 4.78 is 66.1. The maximum atomic E-state index is 13.1. The first-order valence-electron chi connectivity index (χ1n) is 6.90. The zero-order valence-corrected chi connectivity index (χ0v) is 12.4. The zero-order chi connectivity index (χ0) is 16.1. The lowest BCUT2D eigenvalue weighted by Crippen LogP contribution is -2.57. The van der Waals surface area contributed by atoms with Crippen LogP contribution >= 0.6 is 0 Å². The summed E-state index contributed by atoms with van der Waals surface area (Å²) in [5.41, 5.74) is -1.12. The molecule has 0 aromatic heterocycles. The number of alkyl halides is 3. The van der Waals surface area contributed by atoms with Crippen molar-refractivity contribution in [3.8, 4) is 0 Å². The van der Waals surface area contributed by atoms with E-state index in [9.17, 15) is 21.6 Å². The Hall–Kier alpha value is -1.16. The standard InChI is InChI=1S/C13H16F3N3O2S/c14-13(15,16)11-3-1-2-4-12(11)22(20,21)19-9-5-6-10(19)8-18(17)7-9/h1-4,9-10H,5-8,17H2. The Morgan fingerprint density at radius 1 is 1.09 bits per heavy atom. The van der Waals surface area contributed by atoms with Gasteiger partial charge in [0.2, 0.25) is 10.0 Å². The van der Waals surface area contributed by atoms with Crippen molar-refractivity contribution in [1.29, 1.82) is 0 Å². The van der Waals surface area contributed by atoms with Crippen molar-refractivity contribution >= 4 is 10.0 Å². The number of nitrogens with zero attached hydrogens (tertiary/aromatic N) is 2. The van der Waals surface area contributed by atoms with Gasteiger partial charge in [0.05, 0.1) is 10.5 Å². The lowest BCUT2D eigenvalue weighted by molar-refractivity contribution is -0.140. The van der Waals surface area contributed by atoms with Gasteiger partial charge in [-0.25, -0.2) is 13.4 Å². The Morgan fingerprint density at radius 2 is 1.64 bits per heavy atom. The summed E-state index contributed by atoms with van der Waals surface area (Å²) in [7, 11) is -4.20. The van der Waals surface area contributed by atoms with Gasteiger partial charge in [-0.15, -0.1) is 0 Å². The van der Waals surface area contributed by atoms with E-state index in [0.29, 0.717) is 25.9 Å². The largest absolute Gasteiger partial charge is 0.417 e. The summed E-state index contributed by atoms with van der Waals surface area (Å²) in [6.07, 6.45) is -3.48. The first kappa shape index (κ1) is 15.7. The van der Waals surface area contributed by atoms with E-state index < -0.39 is 26.7 Å². The molecule has 2 saturated heterocycles. The van der Waals surface area contributed by atoms with E-state index in [1.807, 2.05) is 0 Å². The maximum absolute atomic E-state index is 13.1. The van der Waals surface area contributed by atoms with Gasteiger partial charge >= 0.3 is 6.18 Å². The second kappa shape index (κ2) is 5.19. The molecule has 2 N–H and O–H groups in total. The molecule has 3 rings (SSSR count). The summed E-state index contributed by atoms with van der Waals surface area (Å²) in [4.78, 5) is -0.676. The lowest BCUT2D eigenvalue weighted by Gasteiger charge is -2.38. The average molecular weight is 335 g/mol. The fourth-order valence-electron chi connectivity index (χ4n) is 3.33. The predicted molar refractivity (Wildman–Crippen MR) is 73.0 cm³/mol. The quantitative estimate of drug-likeness (QED) is 0.830. The highest BCUT2D eigenvalue weighted by Gasteiger charge is 2.48. The number of hydrazine groups is 1. The summed E-state index contributed by atoms with van der Waals surface area (Å²) in [5.74, 6) is 5.73. The van der Waals surface area contributed by atoms with E-state index in [1.54, 1.807) is 0 Å². The second-order valence-electron chi connectivity index (χ2n) is 5.67. The van der Waals surface area contributed by atoms with Crippen LogP contribution in [0.2, 0.25) is 0 Å². The second-order valence-corrected chi connectivity index (χ2v) is 7.48. The van der Waals surface area contributed by atoms with Gasteiger partial charge in [-0.05, 0) is 25.0 Å². The Bertz CT molecular complexity index is 663. The normalized spacial score (nSPS) is 27.3. The predicted octanol–water partition coefficient (Wildman–Crippen LogP) is 1.42. The number of piperazine rings is 1. The number of nitrogens with two attached hydrogens (primary N) is 1. The van der Waals surface area contributed by atoms with Gasteiger partial charge in [0.1, 0.15) is 0 Å². The number of hydrogen-bond donors (Lipinski definition) is 1. The molecule has 0 radical (unpaired) electrons. The fourth-order valence-corrected chi connectivity index (χ4v) is 5.40. The van der Waals surface area contributed by atoms with Crippen LogP contribution in [0.4, 0.5) is 13.2 Å². The van der Waals surface area contributed by atoms with Crippen LogP contribution < -0.4 is 5.84 Å². The number of halogens is 3. The van der Waals surface area contributed by atoms with Gasteiger partial charge in [-0.1, -0.05) is 12.1 Å². The minimum atomic E-state index is -4.71. The van der Waals surface area contributed by atoms with E-state index in [1.165, 1.54) is 21.4 Å². The fraction of sp³-hybridized carbons (Fsp3) is 0.538. The van der Waals surface area contributed by atoms with Crippen LogP contribution in [0.3, 0.4) is 0 Å². The van der Waals surface area contributed by atoms with Crippen LogP contribution in [0.15, 0.2) is 29.2 Å². The summed E-state index contributed by atoms with van der Waals surface area (Å²) in [5, 5.41) is 1.53. The van der Waals surface area contributed by atoms with Crippen LogP contribution in [-0.4, -0.2) is 42.9 Å². The van der Waals surface area contributed by atoms with Gasteiger partial charge < -0.3 is 0 Å². The van der Waals surface area contributed by atoms with Crippen molar-refractivity contribution in [2.24, 2.45) is 5.84 Å². The third-order valence-corrected chi connectivity index (χ3v) is 6.25. The number of hydrogen-bond acceptors (Lipinski definition) is 4. The van der Waals surface area contributed by atoms with Crippen LogP contribution in [0.1, 0.15) is 18.4 Å². The monoisotopic (exact) mass is 335 g/mol. The maximum Gasteiger partial charge on any atom is 0.417 e. The van der Waals surface area contributed by atoms with Gasteiger partial charge in [0.25, 0.3) is 0 Å². The third kappa shape index (κ3) is 2.51. The molecule has 0 saturated carbocycles. The zero-order valence-electron chi connectivity index (χ0n) is 11.6. The SMILES string of the molecule is NN1CC2CCC(C1)N2S(=O)(=O)c1ccccc1C(F)(F)F. The summed E-state index contributed by atoms with van der Waals surface area (Å²) in [6, 6.07) is 3.59. The number of fused-ring (bicyclic) bond motifs is 2. The van der Waals surface area contributed by atoms with Crippen molar-refractivity contribution in [1.82, 2.24) is 9.31 Å². The van der Waals surface area contributed by atoms with Gasteiger partial charge in [-0.3, -0.25) is 5.84 Å². The van der Waals surface area contributed by atoms with Crippen molar-refractivity contribution in [3.05, 3.63) is 29.8 Å². The highest BCUT2D eigenvalue weighted by molar-refractivity contribution is 7.89. The first-order chi connectivity index (χ1) is 10.2. The lowest BCUT2D eigenvalue weighted by atomic mass is 10.2. The van der Waals surface area contributed by atoms with E-state index >= 15 is 0 Å². The van der Waals surface area contributed by atoms with E-state index in [4.69, 9.17) is 5.84 Å². The Morgan fingerprint density at radius 3 is 2.18 bits per heavy atom. The highest BCUT2D eigenvalue weighted by atomic mass is 32.2. The molecule has 2 atom stereocenters. The van der Waals surface area contributed by atoms with E-state index in [-0.39, 0.29) is 12.1 Å². The van der Waals surface area contributed by atoms with Crippen LogP contribution in [0.5, 0.6) is 0 Å². The minimum absolute atomic E-state index is 0.337. The Balaban J connectivity index is 2.05. The number of rotatable bonds is 2. The van der Waals surface area contributed by atoms with Crippen LogP contribution in [-0.2, 0) is 16.2 Å². The molecule has 122 valence electrons. The van der Waals surface area contributed by atoms with E-state index in [0.717, 1.165) is 12.1 Å². The van der Waals surface area contributed by atoms with Gasteiger partial charge in [0, 0.05) is 25.2 Å². The smallest absolute Gasteiger partial charge is 0.269 e. The Labute approximate surface area is 126 Å². The molecule has 2 unspecified atom stereocenters. The molecule has 2 fully saturated rings. The number of benzene rings is 1. The van der Waals surface area contributed by atoms with Crippen molar-refractivity contribution in [2.75, 3.05) is 13.1 Å². The molecule has 1 aromatic carbocycles. The molecule has 9 heteroatoms. The molecule has 5 nitrogen and oxygen atoms in total. The van der Waals surface area contributed by atoms with Gasteiger partial charge in [-0.2, -0.15) is 17.5 Å². The molecule has 1 aromatic rings. The summed E-state index contributed by atoms with van der Waals surface area (Å²) >= 11 is 0. The van der Waals surface area contributed by atoms with Crippen LogP contribution in [0, 0.1) is 0 Å². The Kier molecular flexibility index (Phi) is 3.71. The van der Waals surface area contributed by atoms with Crippen molar-refractivity contribution < 1.29 is 21.6 Å². The molecule has 2 heterocycles. The first-order valence-corrected chi connectivity index (χ1v) is 8.34. The van der Waals surface area contributed by atoms with Crippen molar-refractivity contribution in [3.63, 3.8) is 0 Å². The van der Waals surface area contributed by atoms with E-state index in [2.05, 4.69) is 0 Å². The third-order valence-electron chi connectivity index (χ3n) is 4.19. The molecule has 0 amide bonds. The number of sulfonamides is 1. The molecule has 22 heavy (non-hydrogen) atoms. The average Bonchev–Trinajstić information content (AvgIpc) is 2.71. The van der Waals surface area contributed by atoms with Crippen LogP contribution in [0.25, 0.3) is 0 Å². The molecular weight excluding hydrogens is 319 g/mol. The summed E-state index contributed by atoms with van der Waals surface area (Å²) in [6.45, 7) is 0.674. The molecular formula is C13H16F3N3O2S. The molecule has 2 aliphatic rings. The minimum Gasteiger partial charge on any atom is -0.269 e. The van der Waals surface area contributed by atoms with Gasteiger partial charge in [0.15, 0.2) is 0 Å². The topological polar surface area (TPSA) is 66.6 Å². The van der Waals surface area contributed by atoms with Crippen molar-refractivity contribution in [2.45, 2.75) is 36.0 Å².